The van der Waals surface area contributed by atoms with Gasteiger partial charge in [-0.1, -0.05) is 12.1 Å². The second-order valence-corrected chi connectivity index (χ2v) is 4.97. The van der Waals surface area contributed by atoms with Crippen LogP contribution < -0.4 is 15.4 Å². The van der Waals surface area contributed by atoms with Gasteiger partial charge in [0.25, 0.3) is 0 Å². The normalized spacial score (nSPS) is 13.7. The summed E-state index contributed by atoms with van der Waals surface area (Å²) in [7, 11) is 1.62. The Labute approximate surface area is 118 Å². The number of carbonyl (C=O) groups excluding carboxylic acids is 2. The molecule has 1 saturated carbocycles. The molecule has 5 nitrogen and oxygen atoms in total. The van der Waals surface area contributed by atoms with Crippen LogP contribution in [0.25, 0.3) is 0 Å². The first-order valence-corrected chi connectivity index (χ1v) is 6.86. The first-order chi connectivity index (χ1) is 9.67. The van der Waals surface area contributed by atoms with E-state index >= 15 is 0 Å². The molecule has 0 bridgehead atoms. The zero-order valence-electron chi connectivity index (χ0n) is 11.6. The fourth-order valence-corrected chi connectivity index (χ4v) is 1.89. The lowest BCUT2D eigenvalue weighted by molar-refractivity contribution is -0.129. The number of hydrogen-bond acceptors (Lipinski definition) is 3. The van der Waals surface area contributed by atoms with Crippen LogP contribution in [0.2, 0.25) is 0 Å². The van der Waals surface area contributed by atoms with Crippen molar-refractivity contribution in [2.75, 3.05) is 13.7 Å². The van der Waals surface area contributed by atoms with Gasteiger partial charge >= 0.3 is 0 Å². The highest BCUT2D eigenvalue weighted by Crippen LogP contribution is 2.18. The van der Waals surface area contributed by atoms with E-state index in [4.69, 9.17) is 4.74 Å². The van der Waals surface area contributed by atoms with Crippen molar-refractivity contribution in [1.29, 1.82) is 0 Å². The Balaban J connectivity index is 1.66. The summed E-state index contributed by atoms with van der Waals surface area (Å²) in [6, 6.07) is 8.01. The van der Waals surface area contributed by atoms with Crippen molar-refractivity contribution in [3.8, 4) is 5.75 Å². The maximum absolute atomic E-state index is 11.6. The molecule has 0 unspecified atom stereocenters. The largest absolute Gasteiger partial charge is 0.497 e. The molecule has 108 valence electrons. The summed E-state index contributed by atoms with van der Waals surface area (Å²) in [5.74, 6) is 0.384. The second kappa shape index (κ2) is 6.93. The van der Waals surface area contributed by atoms with E-state index in [0.29, 0.717) is 19.0 Å². The maximum atomic E-state index is 11.6. The summed E-state index contributed by atoms with van der Waals surface area (Å²) < 4.78 is 5.14. The van der Waals surface area contributed by atoms with Gasteiger partial charge in [0.05, 0.1) is 7.11 Å². The van der Waals surface area contributed by atoms with Gasteiger partial charge in [-0.3, -0.25) is 9.59 Å². The Morgan fingerprint density at radius 1 is 1.30 bits per heavy atom. The number of ether oxygens (including phenoxy) is 1. The molecule has 5 heteroatoms. The molecular weight excluding hydrogens is 256 g/mol. The van der Waals surface area contributed by atoms with Gasteiger partial charge in [-0.15, -0.1) is 0 Å². The van der Waals surface area contributed by atoms with E-state index < -0.39 is 0 Å². The van der Waals surface area contributed by atoms with Crippen molar-refractivity contribution in [3.63, 3.8) is 0 Å². The smallest absolute Gasteiger partial charge is 0.229 e. The lowest BCUT2D eigenvalue weighted by Gasteiger charge is -2.07. The highest BCUT2D eigenvalue weighted by atomic mass is 16.5. The zero-order chi connectivity index (χ0) is 14.4. The molecule has 1 aliphatic rings. The number of methoxy groups -OCH3 is 1. The van der Waals surface area contributed by atoms with E-state index in [0.717, 1.165) is 24.2 Å². The molecule has 0 saturated heterocycles. The number of hydrogen-bond donors (Lipinski definition) is 2. The van der Waals surface area contributed by atoms with Crippen LogP contribution >= 0.6 is 0 Å². The van der Waals surface area contributed by atoms with E-state index in [-0.39, 0.29) is 18.2 Å². The van der Waals surface area contributed by atoms with E-state index in [1.165, 1.54) is 0 Å². The summed E-state index contributed by atoms with van der Waals surface area (Å²) in [6.07, 6.45) is 2.69. The fourth-order valence-electron chi connectivity index (χ4n) is 1.89. The molecule has 0 atom stereocenters. The van der Waals surface area contributed by atoms with Crippen LogP contribution in [-0.4, -0.2) is 31.5 Å². The van der Waals surface area contributed by atoms with Gasteiger partial charge in [0.1, 0.15) is 12.2 Å². The number of rotatable bonds is 7. The predicted octanol–water partition coefficient (Wildman–Crippen LogP) is 1.02. The van der Waals surface area contributed by atoms with Gasteiger partial charge < -0.3 is 15.4 Å². The van der Waals surface area contributed by atoms with Gasteiger partial charge in [0, 0.05) is 12.6 Å². The molecule has 2 amide bonds. The summed E-state index contributed by atoms with van der Waals surface area (Å²) in [5.41, 5.74) is 1.09. The number of carbonyl (C=O) groups is 2. The topological polar surface area (TPSA) is 67.4 Å². The molecule has 2 N–H and O–H groups in total. The molecule has 1 fully saturated rings. The first kappa shape index (κ1) is 14.4. The molecule has 0 aromatic heterocycles. The van der Waals surface area contributed by atoms with Crippen molar-refractivity contribution in [3.05, 3.63) is 29.8 Å². The molecule has 1 aromatic rings. The van der Waals surface area contributed by atoms with Crippen LogP contribution in [0.4, 0.5) is 0 Å². The summed E-state index contributed by atoms with van der Waals surface area (Å²) in [5, 5.41) is 5.54. The molecule has 1 aromatic carbocycles. The van der Waals surface area contributed by atoms with Crippen LogP contribution in [0.5, 0.6) is 5.75 Å². The minimum Gasteiger partial charge on any atom is -0.497 e. The van der Waals surface area contributed by atoms with Crippen molar-refractivity contribution in [1.82, 2.24) is 10.6 Å². The standard InChI is InChI=1S/C15H20N2O3/c1-20-13-4-2-3-11(9-13)7-8-16-14(18)10-15(19)17-12-5-6-12/h2-4,9,12H,5-8,10H2,1H3,(H,16,18)(H,17,19). The molecule has 20 heavy (non-hydrogen) atoms. The molecule has 2 rings (SSSR count). The van der Waals surface area contributed by atoms with Crippen LogP contribution in [0.3, 0.4) is 0 Å². The lowest BCUT2D eigenvalue weighted by Crippen LogP contribution is -2.33. The van der Waals surface area contributed by atoms with Gasteiger partial charge in [-0.05, 0) is 37.0 Å². The highest BCUT2D eigenvalue weighted by Gasteiger charge is 2.23. The molecule has 0 spiro atoms. The highest BCUT2D eigenvalue weighted by molar-refractivity contribution is 5.97. The Bertz CT molecular complexity index is 484. The molecule has 0 aliphatic heterocycles. The molecular formula is C15H20N2O3. The third-order valence-corrected chi connectivity index (χ3v) is 3.13. The van der Waals surface area contributed by atoms with Crippen LogP contribution in [-0.2, 0) is 16.0 Å². The van der Waals surface area contributed by atoms with Gasteiger partial charge in [0.2, 0.25) is 11.8 Å². The monoisotopic (exact) mass is 276 g/mol. The molecule has 0 radical (unpaired) electrons. The summed E-state index contributed by atoms with van der Waals surface area (Å²) in [6.45, 7) is 0.517. The van der Waals surface area contributed by atoms with Crippen molar-refractivity contribution >= 4 is 11.8 Å². The first-order valence-electron chi connectivity index (χ1n) is 6.86. The Kier molecular flexibility index (Phi) is 4.98. The van der Waals surface area contributed by atoms with Crippen LogP contribution in [0.1, 0.15) is 24.8 Å². The predicted molar refractivity (Wildman–Crippen MR) is 75.5 cm³/mol. The zero-order valence-corrected chi connectivity index (χ0v) is 11.6. The van der Waals surface area contributed by atoms with E-state index in [2.05, 4.69) is 10.6 Å². The van der Waals surface area contributed by atoms with E-state index in [9.17, 15) is 9.59 Å². The summed E-state index contributed by atoms with van der Waals surface area (Å²) >= 11 is 0. The van der Waals surface area contributed by atoms with Gasteiger partial charge in [-0.25, -0.2) is 0 Å². The number of nitrogens with one attached hydrogen (secondary N) is 2. The molecule has 0 heterocycles. The van der Waals surface area contributed by atoms with E-state index in [1.807, 2.05) is 24.3 Å². The SMILES string of the molecule is COc1cccc(CCNC(=O)CC(=O)NC2CC2)c1. The van der Waals surface area contributed by atoms with Crippen molar-refractivity contribution in [2.24, 2.45) is 0 Å². The minimum absolute atomic E-state index is 0.0887. The maximum Gasteiger partial charge on any atom is 0.229 e. The number of amides is 2. The minimum atomic E-state index is -0.231. The van der Waals surface area contributed by atoms with Crippen molar-refractivity contribution < 1.29 is 14.3 Å². The van der Waals surface area contributed by atoms with Gasteiger partial charge in [-0.2, -0.15) is 0 Å². The quantitative estimate of drug-likeness (QED) is 0.731. The average Bonchev–Trinajstić information content (AvgIpc) is 3.22. The Morgan fingerprint density at radius 2 is 2.10 bits per heavy atom. The Morgan fingerprint density at radius 3 is 2.80 bits per heavy atom. The lowest BCUT2D eigenvalue weighted by atomic mass is 10.1. The third-order valence-electron chi connectivity index (χ3n) is 3.13. The fraction of sp³-hybridized carbons (Fsp3) is 0.467. The summed E-state index contributed by atoms with van der Waals surface area (Å²) in [4.78, 5) is 23.0. The third kappa shape index (κ3) is 4.91. The average molecular weight is 276 g/mol. The molecule has 1 aliphatic carbocycles. The number of benzene rings is 1. The Hall–Kier alpha value is -2.04. The van der Waals surface area contributed by atoms with Crippen molar-refractivity contribution in [2.45, 2.75) is 31.7 Å². The van der Waals surface area contributed by atoms with Gasteiger partial charge in [0.15, 0.2) is 0 Å². The van der Waals surface area contributed by atoms with Crippen LogP contribution in [0, 0.1) is 0 Å². The van der Waals surface area contributed by atoms with E-state index in [1.54, 1.807) is 7.11 Å². The second-order valence-electron chi connectivity index (χ2n) is 4.97. The van der Waals surface area contributed by atoms with Crippen LogP contribution in [0.15, 0.2) is 24.3 Å².